The highest BCUT2D eigenvalue weighted by atomic mass is 16.5. The number of hydrogen-bond acceptors (Lipinski definition) is 4. The number of carbonyl (C=O) groups is 1. The van der Waals surface area contributed by atoms with Gasteiger partial charge in [-0.1, -0.05) is 6.07 Å². The molecule has 0 saturated carbocycles. The molecule has 1 aliphatic heterocycles. The van der Waals surface area contributed by atoms with E-state index in [0.717, 1.165) is 32.6 Å². The van der Waals surface area contributed by atoms with Crippen LogP contribution in [0.25, 0.3) is 0 Å². The molecular weight excluding hydrogens is 230 g/mol. The highest BCUT2D eigenvalue weighted by molar-refractivity contribution is 5.89. The lowest BCUT2D eigenvalue weighted by Gasteiger charge is -2.35. The minimum Gasteiger partial charge on any atom is -0.465 e. The molecule has 1 fully saturated rings. The molecule has 2 aliphatic rings. The van der Waals surface area contributed by atoms with Crippen LogP contribution >= 0.6 is 0 Å². The minimum absolute atomic E-state index is 0.0395. The van der Waals surface area contributed by atoms with E-state index < -0.39 is 0 Å². The van der Waals surface area contributed by atoms with Crippen molar-refractivity contribution in [3.8, 4) is 0 Å². The van der Waals surface area contributed by atoms with Crippen LogP contribution in [0.4, 0.5) is 0 Å². The second kappa shape index (κ2) is 4.37. The third kappa shape index (κ3) is 1.72. The predicted molar refractivity (Wildman–Crippen MR) is 66.6 cm³/mol. The van der Waals surface area contributed by atoms with E-state index in [2.05, 4.69) is 5.32 Å². The molecule has 1 aromatic carbocycles. The molecule has 1 atom stereocenters. The Kier molecular flexibility index (Phi) is 2.84. The van der Waals surface area contributed by atoms with E-state index in [-0.39, 0.29) is 11.5 Å². The van der Waals surface area contributed by atoms with Crippen molar-refractivity contribution in [2.24, 2.45) is 0 Å². The van der Waals surface area contributed by atoms with Gasteiger partial charge in [0.2, 0.25) is 0 Å². The highest BCUT2D eigenvalue weighted by Gasteiger charge is 2.40. The van der Waals surface area contributed by atoms with Crippen molar-refractivity contribution >= 4 is 5.97 Å². The van der Waals surface area contributed by atoms with Gasteiger partial charge in [0, 0.05) is 6.54 Å². The van der Waals surface area contributed by atoms with E-state index in [1.54, 1.807) is 0 Å². The largest absolute Gasteiger partial charge is 0.465 e. The maximum Gasteiger partial charge on any atom is 0.337 e. The minimum atomic E-state index is -0.272. The summed E-state index contributed by atoms with van der Waals surface area (Å²) < 4.78 is 10.4. The number of fused-ring (bicyclic) bond motifs is 2. The average Bonchev–Trinajstić information content (AvgIpc) is 2.77. The summed E-state index contributed by atoms with van der Waals surface area (Å²) in [6.07, 6.45) is 2.02. The van der Waals surface area contributed by atoms with Gasteiger partial charge in [0.15, 0.2) is 0 Å². The van der Waals surface area contributed by atoms with Crippen molar-refractivity contribution < 1.29 is 14.3 Å². The molecule has 0 aromatic heterocycles. The van der Waals surface area contributed by atoms with Crippen molar-refractivity contribution in [2.45, 2.75) is 18.4 Å². The number of methoxy groups -OCH3 is 1. The van der Waals surface area contributed by atoms with Gasteiger partial charge in [0.25, 0.3) is 0 Å². The standard InChI is InChI=1S/C14H17NO3/c1-17-13(16)11-2-3-12-10(8-11)4-5-14(12)9-18-7-6-15-14/h2-3,8,15H,4-7,9H2,1H3/t14-/m1/s1. The molecule has 0 radical (unpaired) electrons. The fourth-order valence-corrected chi connectivity index (χ4v) is 2.99. The number of esters is 1. The van der Waals surface area contributed by atoms with Crippen LogP contribution in [-0.4, -0.2) is 32.8 Å². The molecule has 4 nitrogen and oxygen atoms in total. The van der Waals surface area contributed by atoms with Crippen LogP contribution in [0.3, 0.4) is 0 Å². The van der Waals surface area contributed by atoms with Gasteiger partial charge in [-0.05, 0) is 36.1 Å². The molecule has 1 aliphatic carbocycles. The molecule has 18 heavy (non-hydrogen) atoms. The van der Waals surface area contributed by atoms with E-state index in [1.165, 1.54) is 18.2 Å². The molecule has 1 saturated heterocycles. The summed E-state index contributed by atoms with van der Waals surface area (Å²) >= 11 is 0. The number of rotatable bonds is 1. The van der Waals surface area contributed by atoms with Crippen LogP contribution in [0.5, 0.6) is 0 Å². The van der Waals surface area contributed by atoms with Crippen molar-refractivity contribution in [3.05, 3.63) is 34.9 Å². The number of aryl methyl sites for hydroxylation is 1. The van der Waals surface area contributed by atoms with Gasteiger partial charge < -0.3 is 14.8 Å². The van der Waals surface area contributed by atoms with Gasteiger partial charge in [-0.15, -0.1) is 0 Å². The molecule has 0 unspecified atom stereocenters. The molecular formula is C14H17NO3. The molecule has 1 aromatic rings. The van der Waals surface area contributed by atoms with Crippen LogP contribution in [0.2, 0.25) is 0 Å². The summed E-state index contributed by atoms with van der Waals surface area (Å²) in [4.78, 5) is 11.5. The van der Waals surface area contributed by atoms with Gasteiger partial charge in [0.1, 0.15) is 0 Å². The molecule has 3 rings (SSSR count). The molecule has 4 heteroatoms. The summed E-state index contributed by atoms with van der Waals surface area (Å²) in [6.45, 7) is 2.38. The summed E-state index contributed by atoms with van der Waals surface area (Å²) in [7, 11) is 1.41. The first-order valence-electron chi connectivity index (χ1n) is 6.30. The Labute approximate surface area is 106 Å². The fraction of sp³-hybridized carbons (Fsp3) is 0.500. The lowest BCUT2D eigenvalue weighted by molar-refractivity contribution is 0.0260. The Hall–Kier alpha value is -1.39. The van der Waals surface area contributed by atoms with Crippen LogP contribution in [0.15, 0.2) is 18.2 Å². The molecule has 1 heterocycles. The molecule has 0 bridgehead atoms. The number of ether oxygens (including phenoxy) is 2. The van der Waals surface area contributed by atoms with Crippen molar-refractivity contribution in [2.75, 3.05) is 26.9 Å². The van der Waals surface area contributed by atoms with Crippen molar-refractivity contribution in [1.82, 2.24) is 5.32 Å². The summed E-state index contributed by atoms with van der Waals surface area (Å²) in [5.41, 5.74) is 3.10. The van der Waals surface area contributed by atoms with E-state index >= 15 is 0 Å². The van der Waals surface area contributed by atoms with Crippen molar-refractivity contribution in [3.63, 3.8) is 0 Å². The number of benzene rings is 1. The average molecular weight is 247 g/mol. The van der Waals surface area contributed by atoms with Crippen LogP contribution < -0.4 is 5.32 Å². The Morgan fingerprint density at radius 1 is 1.50 bits per heavy atom. The molecule has 1 spiro atoms. The quantitative estimate of drug-likeness (QED) is 0.758. The van der Waals surface area contributed by atoms with Gasteiger partial charge in [-0.3, -0.25) is 0 Å². The summed E-state index contributed by atoms with van der Waals surface area (Å²) in [5, 5.41) is 3.57. The van der Waals surface area contributed by atoms with Gasteiger partial charge >= 0.3 is 5.97 Å². The van der Waals surface area contributed by atoms with Crippen LogP contribution in [0.1, 0.15) is 27.9 Å². The molecule has 1 N–H and O–H groups in total. The summed E-state index contributed by atoms with van der Waals surface area (Å²) in [5.74, 6) is -0.272. The van der Waals surface area contributed by atoms with Crippen LogP contribution in [-0.2, 0) is 21.4 Å². The Morgan fingerprint density at radius 3 is 3.11 bits per heavy atom. The highest BCUT2D eigenvalue weighted by Crippen LogP contribution is 2.38. The SMILES string of the molecule is COC(=O)c1ccc2c(c1)CC[C@@]21COCCN1. The van der Waals surface area contributed by atoms with E-state index in [1.807, 2.05) is 18.2 Å². The first-order valence-corrected chi connectivity index (χ1v) is 6.30. The number of morpholine rings is 1. The fourth-order valence-electron chi connectivity index (χ4n) is 2.99. The van der Waals surface area contributed by atoms with Gasteiger partial charge in [-0.2, -0.15) is 0 Å². The number of nitrogens with one attached hydrogen (secondary N) is 1. The molecule has 0 amide bonds. The smallest absolute Gasteiger partial charge is 0.337 e. The topological polar surface area (TPSA) is 47.6 Å². The second-order valence-electron chi connectivity index (χ2n) is 4.92. The lowest BCUT2D eigenvalue weighted by atomic mass is 9.91. The van der Waals surface area contributed by atoms with Crippen LogP contribution in [0, 0.1) is 0 Å². The Morgan fingerprint density at radius 2 is 2.39 bits per heavy atom. The first kappa shape index (κ1) is 11.7. The number of hydrogen-bond donors (Lipinski definition) is 1. The lowest BCUT2D eigenvalue weighted by Crippen LogP contribution is -2.50. The molecule has 96 valence electrons. The summed E-state index contributed by atoms with van der Waals surface area (Å²) in [6, 6.07) is 5.83. The van der Waals surface area contributed by atoms with E-state index in [4.69, 9.17) is 9.47 Å². The zero-order valence-electron chi connectivity index (χ0n) is 10.5. The van der Waals surface area contributed by atoms with E-state index in [0.29, 0.717) is 5.56 Å². The van der Waals surface area contributed by atoms with Gasteiger partial charge in [0.05, 0.1) is 31.4 Å². The third-order valence-electron chi connectivity index (χ3n) is 3.92. The third-order valence-corrected chi connectivity index (χ3v) is 3.92. The zero-order chi connectivity index (χ0) is 12.6. The predicted octanol–water partition coefficient (Wildman–Crippen LogP) is 1.23. The number of carbonyl (C=O) groups excluding carboxylic acids is 1. The second-order valence-corrected chi connectivity index (χ2v) is 4.92. The Bertz CT molecular complexity index is 478. The maximum atomic E-state index is 11.5. The first-order chi connectivity index (χ1) is 8.75. The zero-order valence-corrected chi connectivity index (χ0v) is 10.5. The normalized spacial score (nSPS) is 26.1. The van der Waals surface area contributed by atoms with Gasteiger partial charge in [-0.25, -0.2) is 4.79 Å². The monoisotopic (exact) mass is 247 g/mol. The Balaban J connectivity index is 1.96. The van der Waals surface area contributed by atoms with E-state index in [9.17, 15) is 4.79 Å². The maximum absolute atomic E-state index is 11.5. The van der Waals surface area contributed by atoms with Crippen molar-refractivity contribution in [1.29, 1.82) is 0 Å².